The minimum absolute atomic E-state index is 0.0111. The van der Waals surface area contributed by atoms with Crippen molar-refractivity contribution < 1.29 is 17.9 Å². The number of nitrogens with zero attached hydrogens (tertiary/aromatic N) is 2. The number of rotatable bonds is 5. The Hall–Kier alpha value is -2.58. The second kappa shape index (κ2) is 10.1. The Morgan fingerprint density at radius 1 is 0.944 bits per heavy atom. The highest BCUT2D eigenvalue weighted by atomic mass is 32.2. The van der Waals surface area contributed by atoms with Gasteiger partial charge in [0.15, 0.2) is 0 Å². The second-order valence-electron chi connectivity index (χ2n) is 9.95. The van der Waals surface area contributed by atoms with Gasteiger partial charge in [0, 0.05) is 31.1 Å². The molecule has 0 aromatic heterocycles. The average Bonchev–Trinajstić information content (AvgIpc) is 2.85. The summed E-state index contributed by atoms with van der Waals surface area (Å²) in [5.41, 5.74) is 4.23. The predicted molar refractivity (Wildman–Crippen MR) is 140 cm³/mol. The van der Waals surface area contributed by atoms with E-state index in [0.29, 0.717) is 23.5 Å². The molecule has 2 fully saturated rings. The number of hydrogen-bond acceptors (Lipinski definition) is 4. The number of benzene rings is 3. The van der Waals surface area contributed by atoms with Crippen LogP contribution in [0.4, 0.5) is 4.39 Å². The van der Waals surface area contributed by atoms with E-state index in [0.717, 1.165) is 41.6 Å². The SMILES string of the molecule is Cc1ccccc1S(=O)(=O)N1CCCCN2C(CO)[C@@H](c3ccc(-c4cccc(F)c4C)cc3)C2C1. The van der Waals surface area contributed by atoms with Crippen LogP contribution in [0.15, 0.2) is 71.6 Å². The van der Waals surface area contributed by atoms with E-state index in [1.165, 1.54) is 6.07 Å². The Morgan fingerprint density at radius 2 is 1.67 bits per heavy atom. The Labute approximate surface area is 213 Å². The van der Waals surface area contributed by atoms with Crippen molar-refractivity contribution >= 4 is 10.0 Å². The molecule has 36 heavy (non-hydrogen) atoms. The number of sulfonamides is 1. The largest absolute Gasteiger partial charge is 0.395 e. The summed E-state index contributed by atoms with van der Waals surface area (Å²) in [5.74, 6) is -0.207. The molecule has 0 amide bonds. The van der Waals surface area contributed by atoms with Gasteiger partial charge in [0.2, 0.25) is 10.0 Å². The highest BCUT2D eigenvalue weighted by Gasteiger charge is 2.50. The Kier molecular flexibility index (Phi) is 7.01. The molecule has 3 aromatic rings. The van der Waals surface area contributed by atoms with Crippen LogP contribution < -0.4 is 0 Å². The van der Waals surface area contributed by atoms with Crippen molar-refractivity contribution in [3.05, 3.63) is 89.2 Å². The highest BCUT2D eigenvalue weighted by Crippen LogP contribution is 2.43. The number of fused-ring (bicyclic) bond motifs is 1. The molecule has 0 saturated carbocycles. The van der Waals surface area contributed by atoms with Gasteiger partial charge in [-0.1, -0.05) is 54.6 Å². The summed E-state index contributed by atoms with van der Waals surface area (Å²) in [4.78, 5) is 2.64. The molecule has 5 rings (SSSR count). The minimum atomic E-state index is -3.63. The Bertz CT molecular complexity index is 1340. The third-order valence-corrected chi connectivity index (χ3v) is 9.94. The summed E-state index contributed by atoms with van der Waals surface area (Å²) in [5, 5.41) is 10.2. The molecule has 5 nitrogen and oxygen atoms in total. The molecule has 0 spiro atoms. The maximum Gasteiger partial charge on any atom is 0.243 e. The lowest BCUT2D eigenvalue weighted by atomic mass is 9.74. The first-order valence-electron chi connectivity index (χ1n) is 12.6. The van der Waals surface area contributed by atoms with Gasteiger partial charge in [0.1, 0.15) is 5.82 Å². The van der Waals surface area contributed by atoms with Crippen LogP contribution in [0.3, 0.4) is 0 Å². The fourth-order valence-corrected chi connectivity index (χ4v) is 7.64. The van der Waals surface area contributed by atoms with Crippen molar-refractivity contribution in [2.24, 2.45) is 0 Å². The van der Waals surface area contributed by atoms with E-state index in [1.54, 1.807) is 29.4 Å². The summed E-state index contributed by atoms with van der Waals surface area (Å²) in [6.07, 6.45) is 1.68. The van der Waals surface area contributed by atoms with Gasteiger partial charge >= 0.3 is 0 Å². The summed E-state index contributed by atoms with van der Waals surface area (Å²) in [6, 6.07) is 20.3. The smallest absolute Gasteiger partial charge is 0.243 e. The van der Waals surface area contributed by atoms with Gasteiger partial charge in [-0.25, -0.2) is 12.8 Å². The Morgan fingerprint density at radius 3 is 2.39 bits per heavy atom. The average molecular weight is 509 g/mol. The molecular formula is C29H33FN2O3S. The van der Waals surface area contributed by atoms with E-state index in [2.05, 4.69) is 4.90 Å². The quantitative estimate of drug-likeness (QED) is 0.542. The molecule has 3 aromatic carbocycles. The molecule has 2 heterocycles. The van der Waals surface area contributed by atoms with E-state index in [1.807, 2.05) is 49.4 Å². The zero-order chi connectivity index (χ0) is 25.4. The molecule has 190 valence electrons. The fourth-order valence-electron chi connectivity index (χ4n) is 5.92. The van der Waals surface area contributed by atoms with Crippen LogP contribution in [-0.2, 0) is 10.0 Å². The monoisotopic (exact) mass is 508 g/mol. The van der Waals surface area contributed by atoms with Crippen LogP contribution in [0.25, 0.3) is 11.1 Å². The van der Waals surface area contributed by atoms with E-state index in [9.17, 15) is 17.9 Å². The van der Waals surface area contributed by atoms with Gasteiger partial charge in [-0.15, -0.1) is 0 Å². The lowest BCUT2D eigenvalue weighted by Gasteiger charge is -2.57. The molecule has 0 bridgehead atoms. The first kappa shape index (κ1) is 25.1. The molecule has 3 atom stereocenters. The minimum Gasteiger partial charge on any atom is -0.395 e. The zero-order valence-electron chi connectivity index (χ0n) is 20.8. The number of aliphatic hydroxyl groups is 1. The van der Waals surface area contributed by atoms with Crippen molar-refractivity contribution in [1.29, 1.82) is 0 Å². The standard InChI is InChI=1S/C29H33FN2O3S/c1-20-8-3-4-11-28(20)36(34,35)31-16-5-6-17-32-26(18-31)29(27(32)19-33)23-14-12-22(13-15-23)24-9-7-10-25(30)21(24)2/h3-4,7-15,26-27,29,33H,5-6,16-19H2,1-2H3/t26?,27?,29-/m0/s1. The molecule has 0 aliphatic carbocycles. The van der Waals surface area contributed by atoms with Crippen molar-refractivity contribution in [1.82, 2.24) is 9.21 Å². The van der Waals surface area contributed by atoms with Crippen LogP contribution in [0.2, 0.25) is 0 Å². The normalized spacial score (nSPS) is 23.4. The van der Waals surface area contributed by atoms with Gasteiger partial charge < -0.3 is 5.11 Å². The molecule has 0 radical (unpaired) electrons. The van der Waals surface area contributed by atoms with Gasteiger partial charge in [-0.05, 0) is 73.2 Å². The van der Waals surface area contributed by atoms with Crippen molar-refractivity contribution in [2.45, 2.75) is 49.6 Å². The Balaban J connectivity index is 1.44. The molecule has 2 aliphatic heterocycles. The van der Waals surface area contributed by atoms with E-state index in [-0.39, 0.29) is 30.4 Å². The molecular weight excluding hydrogens is 475 g/mol. The van der Waals surface area contributed by atoms with Crippen LogP contribution in [0, 0.1) is 19.7 Å². The topological polar surface area (TPSA) is 60.9 Å². The van der Waals surface area contributed by atoms with E-state index in [4.69, 9.17) is 0 Å². The summed E-state index contributed by atoms with van der Waals surface area (Å²) in [6.45, 7) is 5.38. The van der Waals surface area contributed by atoms with Crippen LogP contribution in [0.5, 0.6) is 0 Å². The van der Waals surface area contributed by atoms with Gasteiger partial charge in [-0.3, -0.25) is 4.90 Å². The first-order valence-corrected chi connectivity index (χ1v) is 14.0. The number of aliphatic hydroxyl groups excluding tert-OH is 1. The maximum atomic E-state index is 14.1. The maximum absolute atomic E-state index is 14.1. The molecule has 2 unspecified atom stereocenters. The first-order chi connectivity index (χ1) is 17.3. The van der Waals surface area contributed by atoms with Gasteiger partial charge in [0.05, 0.1) is 11.5 Å². The van der Waals surface area contributed by atoms with Crippen LogP contribution >= 0.6 is 0 Å². The fraction of sp³-hybridized carbons (Fsp3) is 0.379. The molecule has 1 N–H and O–H groups in total. The number of aryl methyl sites for hydroxylation is 1. The second-order valence-corrected chi connectivity index (χ2v) is 11.9. The van der Waals surface area contributed by atoms with E-state index < -0.39 is 10.0 Å². The van der Waals surface area contributed by atoms with Crippen molar-refractivity contribution in [3.8, 4) is 11.1 Å². The van der Waals surface area contributed by atoms with Crippen molar-refractivity contribution in [3.63, 3.8) is 0 Å². The summed E-state index contributed by atoms with van der Waals surface area (Å²) >= 11 is 0. The number of halogens is 1. The van der Waals surface area contributed by atoms with Crippen molar-refractivity contribution in [2.75, 3.05) is 26.2 Å². The van der Waals surface area contributed by atoms with Gasteiger partial charge in [-0.2, -0.15) is 4.31 Å². The predicted octanol–water partition coefficient (Wildman–Crippen LogP) is 4.72. The molecule has 2 aliphatic rings. The van der Waals surface area contributed by atoms with E-state index >= 15 is 0 Å². The summed E-state index contributed by atoms with van der Waals surface area (Å²) < 4.78 is 43.0. The van der Waals surface area contributed by atoms with Crippen LogP contribution in [-0.4, -0.2) is 61.1 Å². The zero-order valence-corrected chi connectivity index (χ0v) is 21.6. The highest BCUT2D eigenvalue weighted by molar-refractivity contribution is 7.89. The molecule has 2 saturated heterocycles. The third-order valence-electron chi connectivity index (χ3n) is 7.92. The lowest BCUT2D eigenvalue weighted by molar-refractivity contribution is -0.0553. The number of hydrogen-bond donors (Lipinski definition) is 1. The van der Waals surface area contributed by atoms with Gasteiger partial charge in [0.25, 0.3) is 0 Å². The summed E-state index contributed by atoms with van der Waals surface area (Å²) in [7, 11) is -3.63. The third kappa shape index (κ3) is 4.39. The lowest BCUT2D eigenvalue weighted by Crippen LogP contribution is -2.67. The van der Waals surface area contributed by atoms with Crippen LogP contribution in [0.1, 0.15) is 35.4 Å². The molecule has 7 heteroatoms.